The maximum absolute atomic E-state index is 12.0. The molecule has 2 aromatic heterocycles. The fourth-order valence-electron chi connectivity index (χ4n) is 2.34. The van der Waals surface area contributed by atoms with E-state index in [0.717, 1.165) is 11.1 Å². The number of carbonyl (C=O) groups is 1. The van der Waals surface area contributed by atoms with E-state index in [0.29, 0.717) is 16.8 Å². The number of ether oxygens (including phenoxy) is 1. The van der Waals surface area contributed by atoms with Crippen LogP contribution in [0.2, 0.25) is 0 Å². The molecule has 0 bridgehead atoms. The van der Waals surface area contributed by atoms with Gasteiger partial charge in [-0.1, -0.05) is 12.1 Å². The molecule has 0 saturated heterocycles. The molecule has 23 heavy (non-hydrogen) atoms. The van der Waals surface area contributed by atoms with Gasteiger partial charge < -0.3 is 4.74 Å². The highest BCUT2D eigenvalue weighted by Crippen LogP contribution is 2.33. The van der Waals surface area contributed by atoms with E-state index in [9.17, 15) is 4.79 Å². The summed E-state index contributed by atoms with van der Waals surface area (Å²) in [7, 11) is 1.31. The number of benzene rings is 1. The third kappa shape index (κ3) is 2.68. The molecule has 0 aliphatic carbocycles. The first-order chi connectivity index (χ1) is 11.2. The topological polar surface area (TPSA) is 91.7 Å². The molecule has 0 amide bonds. The quantitative estimate of drug-likeness (QED) is 0.751. The zero-order chi connectivity index (χ0) is 16.2. The Hall–Kier alpha value is -3.46. The molecule has 0 aliphatic heterocycles. The van der Waals surface area contributed by atoms with Gasteiger partial charge in [0.1, 0.15) is 5.69 Å². The molecule has 6 nitrogen and oxygen atoms in total. The van der Waals surface area contributed by atoms with Crippen molar-refractivity contribution in [1.82, 2.24) is 15.2 Å². The summed E-state index contributed by atoms with van der Waals surface area (Å²) in [5.74, 6) is -0.507. The molecule has 112 valence electrons. The van der Waals surface area contributed by atoms with E-state index in [1.54, 1.807) is 42.7 Å². The number of H-pyrrole nitrogens is 1. The minimum Gasteiger partial charge on any atom is -0.464 e. The highest BCUT2D eigenvalue weighted by molar-refractivity contribution is 5.99. The van der Waals surface area contributed by atoms with Gasteiger partial charge >= 0.3 is 5.97 Å². The molecule has 3 rings (SSSR count). The molecule has 0 aliphatic rings. The van der Waals surface area contributed by atoms with E-state index in [1.165, 1.54) is 7.11 Å². The maximum atomic E-state index is 12.0. The average Bonchev–Trinajstić information content (AvgIpc) is 3.07. The van der Waals surface area contributed by atoms with Crippen LogP contribution >= 0.6 is 0 Å². The van der Waals surface area contributed by atoms with E-state index in [4.69, 9.17) is 10.00 Å². The van der Waals surface area contributed by atoms with E-state index in [2.05, 4.69) is 21.3 Å². The van der Waals surface area contributed by atoms with E-state index in [1.807, 2.05) is 6.07 Å². The highest BCUT2D eigenvalue weighted by atomic mass is 16.5. The molecule has 6 heteroatoms. The largest absolute Gasteiger partial charge is 0.464 e. The number of hydrogen-bond donors (Lipinski definition) is 1. The molecule has 0 fully saturated rings. The molecular formula is C17H12N4O2. The van der Waals surface area contributed by atoms with Gasteiger partial charge in [-0.15, -0.1) is 0 Å². The Morgan fingerprint density at radius 2 is 2.00 bits per heavy atom. The summed E-state index contributed by atoms with van der Waals surface area (Å²) in [5.41, 5.74) is 3.50. The fraction of sp³-hybridized carbons (Fsp3) is 0.0588. The van der Waals surface area contributed by atoms with Gasteiger partial charge in [-0.05, 0) is 29.8 Å². The summed E-state index contributed by atoms with van der Waals surface area (Å²) >= 11 is 0. The summed E-state index contributed by atoms with van der Waals surface area (Å²) in [6, 6.07) is 12.7. The van der Waals surface area contributed by atoms with Crippen molar-refractivity contribution in [3.63, 3.8) is 0 Å². The summed E-state index contributed by atoms with van der Waals surface area (Å²) in [5, 5.41) is 16.0. The number of nitrogens with one attached hydrogen (secondary N) is 1. The number of esters is 1. The monoisotopic (exact) mass is 304 g/mol. The maximum Gasteiger partial charge on any atom is 0.356 e. The van der Waals surface area contributed by atoms with Crippen LogP contribution in [0.4, 0.5) is 0 Å². The lowest BCUT2D eigenvalue weighted by Gasteiger charge is -2.05. The van der Waals surface area contributed by atoms with Crippen molar-refractivity contribution in [2.45, 2.75) is 0 Å². The minimum atomic E-state index is -0.507. The van der Waals surface area contributed by atoms with Crippen LogP contribution in [0.25, 0.3) is 22.4 Å². The van der Waals surface area contributed by atoms with Crippen molar-refractivity contribution in [3.8, 4) is 28.5 Å². The van der Waals surface area contributed by atoms with Gasteiger partial charge in [-0.3, -0.25) is 10.1 Å². The van der Waals surface area contributed by atoms with Crippen molar-refractivity contribution in [1.29, 1.82) is 5.26 Å². The molecule has 3 aromatic rings. The number of carbonyl (C=O) groups excluding carboxylic acids is 1. The van der Waals surface area contributed by atoms with Crippen molar-refractivity contribution >= 4 is 5.97 Å². The van der Waals surface area contributed by atoms with E-state index < -0.39 is 5.97 Å². The lowest BCUT2D eigenvalue weighted by atomic mass is 9.99. The van der Waals surface area contributed by atoms with Gasteiger partial charge in [0.05, 0.1) is 18.7 Å². The Kier molecular flexibility index (Phi) is 3.85. The minimum absolute atomic E-state index is 0.260. The van der Waals surface area contributed by atoms with Gasteiger partial charge in [-0.2, -0.15) is 10.4 Å². The number of nitrogens with zero attached hydrogens (tertiary/aromatic N) is 3. The lowest BCUT2D eigenvalue weighted by Crippen LogP contribution is -2.03. The van der Waals surface area contributed by atoms with Crippen LogP contribution in [0.1, 0.15) is 16.1 Å². The molecule has 1 N–H and O–H groups in total. The Morgan fingerprint density at radius 1 is 1.22 bits per heavy atom. The smallest absolute Gasteiger partial charge is 0.356 e. The Labute approximate surface area is 132 Å². The van der Waals surface area contributed by atoms with Crippen LogP contribution in [0.5, 0.6) is 0 Å². The second kappa shape index (κ2) is 6.12. The van der Waals surface area contributed by atoms with Crippen LogP contribution in [-0.2, 0) is 4.74 Å². The molecular weight excluding hydrogens is 292 g/mol. The standard InChI is InChI=1S/C17H12N4O2/c1-23-17(22)16-14(12-5-7-19-8-6-12)15(20-21-16)13-4-2-3-11(9-13)10-18/h2-9H,1H3,(H,20,21). The molecule has 0 spiro atoms. The van der Waals surface area contributed by atoms with Crippen molar-refractivity contribution in [2.24, 2.45) is 0 Å². The van der Waals surface area contributed by atoms with Crippen molar-refractivity contribution in [3.05, 3.63) is 60.0 Å². The predicted molar refractivity (Wildman–Crippen MR) is 83.3 cm³/mol. The number of pyridine rings is 1. The second-order valence-electron chi connectivity index (χ2n) is 4.74. The SMILES string of the molecule is COC(=O)c1[nH]nc(-c2cccc(C#N)c2)c1-c1ccncc1. The van der Waals surface area contributed by atoms with Crippen LogP contribution in [-0.4, -0.2) is 28.3 Å². The van der Waals surface area contributed by atoms with Gasteiger partial charge in [0.25, 0.3) is 0 Å². The predicted octanol–water partition coefficient (Wildman–Crippen LogP) is 2.80. The highest BCUT2D eigenvalue weighted by Gasteiger charge is 2.22. The number of methoxy groups -OCH3 is 1. The molecule has 0 radical (unpaired) electrons. The Balaban J connectivity index is 2.24. The first kappa shape index (κ1) is 14.5. The number of nitriles is 1. The third-order valence-corrected chi connectivity index (χ3v) is 3.39. The lowest BCUT2D eigenvalue weighted by molar-refractivity contribution is 0.0595. The number of hydrogen-bond acceptors (Lipinski definition) is 5. The summed E-state index contributed by atoms with van der Waals surface area (Å²) < 4.78 is 4.81. The average molecular weight is 304 g/mol. The molecule has 0 atom stereocenters. The van der Waals surface area contributed by atoms with E-state index in [-0.39, 0.29) is 5.69 Å². The van der Waals surface area contributed by atoms with Gasteiger partial charge in [0.15, 0.2) is 5.69 Å². The third-order valence-electron chi connectivity index (χ3n) is 3.39. The number of aromatic amines is 1. The molecule has 0 unspecified atom stereocenters. The van der Waals surface area contributed by atoms with Gasteiger partial charge in [0, 0.05) is 23.5 Å². The van der Waals surface area contributed by atoms with Crippen LogP contribution in [0.15, 0.2) is 48.8 Å². The summed E-state index contributed by atoms with van der Waals surface area (Å²) in [6.07, 6.45) is 3.28. The number of aromatic nitrogens is 3. The van der Waals surface area contributed by atoms with Crippen LogP contribution in [0, 0.1) is 11.3 Å². The van der Waals surface area contributed by atoms with Gasteiger partial charge in [-0.25, -0.2) is 4.79 Å². The van der Waals surface area contributed by atoms with Crippen molar-refractivity contribution < 1.29 is 9.53 Å². The van der Waals surface area contributed by atoms with Gasteiger partial charge in [0.2, 0.25) is 0 Å². The normalized spacial score (nSPS) is 10.1. The fourth-order valence-corrected chi connectivity index (χ4v) is 2.34. The molecule has 0 saturated carbocycles. The summed E-state index contributed by atoms with van der Waals surface area (Å²) in [4.78, 5) is 16.0. The summed E-state index contributed by atoms with van der Waals surface area (Å²) in [6.45, 7) is 0. The first-order valence-electron chi connectivity index (χ1n) is 6.82. The van der Waals surface area contributed by atoms with Crippen LogP contribution < -0.4 is 0 Å². The Bertz CT molecular complexity index is 894. The zero-order valence-electron chi connectivity index (χ0n) is 12.3. The van der Waals surface area contributed by atoms with Crippen LogP contribution in [0.3, 0.4) is 0 Å². The van der Waals surface area contributed by atoms with E-state index >= 15 is 0 Å². The zero-order valence-corrected chi connectivity index (χ0v) is 12.3. The molecule has 1 aromatic carbocycles. The Morgan fingerprint density at radius 3 is 2.70 bits per heavy atom. The second-order valence-corrected chi connectivity index (χ2v) is 4.74. The molecule has 2 heterocycles. The van der Waals surface area contributed by atoms with Crippen molar-refractivity contribution in [2.75, 3.05) is 7.11 Å². The first-order valence-corrected chi connectivity index (χ1v) is 6.82. The number of rotatable bonds is 3.